The number of fused-ring (bicyclic) bond motifs is 1. The minimum absolute atomic E-state index is 0.0491. The molecule has 4 rings (SSSR count). The SMILES string of the molecule is Cn1ccc2cc(Nc3nc(NC4CCCC(F)(F)C4N)cnc3C(N)=O)ccc21. The van der Waals surface area contributed by atoms with E-state index >= 15 is 0 Å². The number of amides is 1. The van der Waals surface area contributed by atoms with Gasteiger partial charge in [-0.1, -0.05) is 0 Å². The van der Waals surface area contributed by atoms with Crippen LogP contribution in [0.15, 0.2) is 36.7 Å². The van der Waals surface area contributed by atoms with Gasteiger partial charge in [0.05, 0.1) is 12.2 Å². The molecule has 1 aromatic carbocycles. The Hall–Kier alpha value is -3.27. The van der Waals surface area contributed by atoms with Crippen molar-refractivity contribution in [3.63, 3.8) is 0 Å². The molecule has 3 aromatic rings. The zero-order valence-electron chi connectivity index (χ0n) is 16.4. The van der Waals surface area contributed by atoms with Crippen molar-refractivity contribution in [3.8, 4) is 0 Å². The summed E-state index contributed by atoms with van der Waals surface area (Å²) in [5, 5.41) is 7.00. The van der Waals surface area contributed by atoms with Crippen molar-refractivity contribution in [1.29, 1.82) is 0 Å². The minimum Gasteiger partial charge on any atom is -0.364 e. The number of nitrogens with zero attached hydrogens (tertiary/aromatic N) is 3. The summed E-state index contributed by atoms with van der Waals surface area (Å²) < 4.78 is 29.9. The number of carbonyl (C=O) groups is 1. The first-order valence-electron chi connectivity index (χ1n) is 9.63. The number of aryl methyl sites for hydroxylation is 1. The van der Waals surface area contributed by atoms with Gasteiger partial charge in [-0.3, -0.25) is 4.79 Å². The predicted molar refractivity (Wildman–Crippen MR) is 111 cm³/mol. The molecule has 1 saturated carbocycles. The topological polar surface area (TPSA) is 124 Å². The van der Waals surface area contributed by atoms with Gasteiger partial charge in [-0.25, -0.2) is 18.7 Å². The summed E-state index contributed by atoms with van der Waals surface area (Å²) in [6.45, 7) is 0. The number of hydrogen-bond acceptors (Lipinski definition) is 6. The molecule has 2 heterocycles. The van der Waals surface area contributed by atoms with E-state index in [4.69, 9.17) is 11.5 Å². The van der Waals surface area contributed by atoms with Crippen molar-refractivity contribution >= 4 is 34.1 Å². The summed E-state index contributed by atoms with van der Waals surface area (Å²) in [4.78, 5) is 20.2. The lowest BCUT2D eigenvalue weighted by molar-refractivity contribution is -0.0554. The second kappa shape index (κ2) is 7.52. The zero-order chi connectivity index (χ0) is 21.5. The first kappa shape index (κ1) is 20.0. The first-order valence-corrected chi connectivity index (χ1v) is 9.63. The molecule has 10 heteroatoms. The van der Waals surface area contributed by atoms with Gasteiger partial charge in [-0.15, -0.1) is 0 Å². The second-order valence-corrected chi connectivity index (χ2v) is 7.57. The largest absolute Gasteiger partial charge is 0.364 e. The smallest absolute Gasteiger partial charge is 0.271 e. The van der Waals surface area contributed by atoms with Crippen molar-refractivity contribution < 1.29 is 13.6 Å². The van der Waals surface area contributed by atoms with E-state index in [0.29, 0.717) is 18.5 Å². The standard InChI is InChI=1S/C20H23F2N7O/c1-29-8-6-11-9-12(4-5-14(11)29)26-19-16(18(24)30)25-10-15(28-19)27-13-3-2-7-20(21,22)17(13)23/h4-6,8-10,13,17H,2-3,7,23H2,1H3,(H2,24,30)(H2,26,27,28). The van der Waals surface area contributed by atoms with Gasteiger partial charge in [0, 0.05) is 42.3 Å². The van der Waals surface area contributed by atoms with Crippen LogP contribution in [0.2, 0.25) is 0 Å². The number of carbonyl (C=O) groups excluding carboxylic acids is 1. The predicted octanol–water partition coefficient (Wildman–Crippen LogP) is 2.74. The van der Waals surface area contributed by atoms with E-state index in [-0.39, 0.29) is 23.8 Å². The fourth-order valence-electron chi connectivity index (χ4n) is 3.77. The number of nitrogens with one attached hydrogen (secondary N) is 2. The Morgan fingerprint density at radius 1 is 1.33 bits per heavy atom. The Balaban J connectivity index is 1.61. The Morgan fingerprint density at radius 2 is 2.13 bits per heavy atom. The molecule has 0 bridgehead atoms. The van der Waals surface area contributed by atoms with Gasteiger partial charge in [-0.05, 0) is 37.1 Å². The molecule has 1 aliphatic rings. The molecule has 30 heavy (non-hydrogen) atoms. The van der Waals surface area contributed by atoms with Gasteiger partial charge >= 0.3 is 0 Å². The Morgan fingerprint density at radius 3 is 2.90 bits per heavy atom. The van der Waals surface area contributed by atoms with Crippen LogP contribution in [0.5, 0.6) is 0 Å². The quantitative estimate of drug-likeness (QED) is 0.508. The maximum absolute atomic E-state index is 13.9. The van der Waals surface area contributed by atoms with Gasteiger partial charge < -0.3 is 26.7 Å². The summed E-state index contributed by atoms with van der Waals surface area (Å²) in [5.74, 6) is -3.32. The number of aromatic nitrogens is 3. The number of hydrogen-bond donors (Lipinski definition) is 4. The molecular formula is C20H23F2N7O. The third kappa shape index (κ3) is 3.78. The van der Waals surface area contributed by atoms with E-state index in [1.807, 2.05) is 42.1 Å². The molecule has 1 amide bonds. The highest BCUT2D eigenvalue weighted by Gasteiger charge is 2.44. The molecule has 6 N–H and O–H groups in total. The molecule has 0 spiro atoms. The van der Waals surface area contributed by atoms with Crippen LogP contribution in [-0.2, 0) is 7.05 Å². The summed E-state index contributed by atoms with van der Waals surface area (Å²) in [5.41, 5.74) is 12.9. The lowest BCUT2D eigenvalue weighted by Crippen LogP contribution is -2.55. The number of rotatable bonds is 5. The van der Waals surface area contributed by atoms with Crippen molar-refractivity contribution in [1.82, 2.24) is 14.5 Å². The third-order valence-electron chi connectivity index (χ3n) is 5.43. The van der Waals surface area contributed by atoms with Gasteiger partial charge in [-0.2, -0.15) is 0 Å². The second-order valence-electron chi connectivity index (χ2n) is 7.57. The molecule has 0 radical (unpaired) electrons. The minimum atomic E-state index is -2.94. The van der Waals surface area contributed by atoms with E-state index in [2.05, 4.69) is 20.6 Å². The van der Waals surface area contributed by atoms with Crippen molar-refractivity contribution in [2.45, 2.75) is 37.3 Å². The van der Waals surface area contributed by atoms with Crippen LogP contribution >= 0.6 is 0 Å². The number of halogens is 2. The summed E-state index contributed by atoms with van der Waals surface area (Å²) in [6.07, 6.45) is 3.85. The molecule has 158 valence electrons. The van der Waals surface area contributed by atoms with E-state index < -0.39 is 23.9 Å². The average molecular weight is 415 g/mol. The van der Waals surface area contributed by atoms with Gasteiger partial charge in [0.2, 0.25) is 0 Å². The third-order valence-corrected chi connectivity index (χ3v) is 5.43. The molecule has 2 unspecified atom stereocenters. The summed E-state index contributed by atoms with van der Waals surface area (Å²) in [7, 11) is 1.95. The maximum Gasteiger partial charge on any atom is 0.271 e. The normalized spacial score (nSPS) is 20.8. The van der Waals surface area contributed by atoms with Crippen LogP contribution in [0.1, 0.15) is 29.8 Å². The maximum atomic E-state index is 13.9. The molecule has 8 nitrogen and oxygen atoms in total. The Labute approximate surface area is 171 Å². The fourth-order valence-corrected chi connectivity index (χ4v) is 3.77. The van der Waals surface area contributed by atoms with E-state index in [0.717, 1.165) is 10.9 Å². The highest BCUT2D eigenvalue weighted by Crippen LogP contribution is 2.34. The highest BCUT2D eigenvalue weighted by atomic mass is 19.3. The van der Waals surface area contributed by atoms with Crippen LogP contribution in [0.4, 0.5) is 26.1 Å². The molecule has 1 aliphatic carbocycles. The average Bonchev–Trinajstić information content (AvgIpc) is 3.06. The van der Waals surface area contributed by atoms with Crippen LogP contribution in [0.3, 0.4) is 0 Å². The number of benzene rings is 1. The Kier molecular flexibility index (Phi) is 5.02. The molecule has 0 saturated heterocycles. The van der Waals surface area contributed by atoms with Gasteiger partial charge in [0.1, 0.15) is 5.82 Å². The fraction of sp³-hybridized carbons (Fsp3) is 0.350. The van der Waals surface area contributed by atoms with E-state index in [1.165, 1.54) is 6.20 Å². The number of anilines is 3. The lowest BCUT2D eigenvalue weighted by atomic mass is 9.87. The summed E-state index contributed by atoms with van der Waals surface area (Å²) >= 11 is 0. The van der Waals surface area contributed by atoms with Crippen molar-refractivity contribution in [3.05, 3.63) is 42.4 Å². The molecule has 0 aliphatic heterocycles. The van der Waals surface area contributed by atoms with E-state index in [1.54, 1.807) is 0 Å². The molecule has 2 aromatic heterocycles. The molecular weight excluding hydrogens is 392 g/mol. The van der Waals surface area contributed by atoms with Crippen molar-refractivity contribution in [2.75, 3.05) is 10.6 Å². The number of alkyl halides is 2. The lowest BCUT2D eigenvalue weighted by Gasteiger charge is -2.36. The number of primary amides is 1. The van der Waals surface area contributed by atoms with Crippen LogP contribution in [0.25, 0.3) is 10.9 Å². The highest BCUT2D eigenvalue weighted by molar-refractivity contribution is 5.96. The molecule has 2 atom stereocenters. The van der Waals surface area contributed by atoms with Crippen LogP contribution in [0, 0.1) is 0 Å². The zero-order valence-corrected chi connectivity index (χ0v) is 16.4. The van der Waals surface area contributed by atoms with E-state index in [9.17, 15) is 13.6 Å². The van der Waals surface area contributed by atoms with Crippen molar-refractivity contribution in [2.24, 2.45) is 18.5 Å². The summed E-state index contributed by atoms with van der Waals surface area (Å²) in [6, 6.07) is 5.65. The first-order chi connectivity index (χ1) is 14.2. The van der Waals surface area contributed by atoms with Crippen LogP contribution < -0.4 is 22.1 Å². The molecule has 1 fully saturated rings. The van der Waals surface area contributed by atoms with Gasteiger partial charge in [0.15, 0.2) is 11.5 Å². The van der Waals surface area contributed by atoms with Crippen LogP contribution in [-0.4, -0.2) is 38.4 Å². The van der Waals surface area contributed by atoms with Gasteiger partial charge in [0.25, 0.3) is 11.8 Å². The monoisotopic (exact) mass is 415 g/mol. The number of nitrogens with two attached hydrogens (primary N) is 2. The Bertz CT molecular complexity index is 1100.